The summed E-state index contributed by atoms with van der Waals surface area (Å²) in [7, 11) is 0. The summed E-state index contributed by atoms with van der Waals surface area (Å²) in [6, 6.07) is -0.730. The topological polar surface area (TPSA) is 96.6 Å². The Morgan fingerprint density at radius 2 is 1.29 bits per heavy atom. The summed E-state index contributed by atoms with van der Waals surface area (Å²) < 4.78 is 6.16. The van der Waals surface area contributed by atoms with Crippen molar-refractivity contribution < 1.29 is 18.8 Å². The molecule has 0 aliphatic carbocycles. The highest BCUT2D eigenvalue weighted by molar-refractivity contribution is 6.38. The van der Waals surface area contributed by atoms with E-state index in [0.717, 1.165) is 38.5 Å². The molecule has 8 heteroatoms. The SMILES string of the molecule is C=C(C(=O)N1CCCCC1c1nnc(C2CCCCN2C(=O)C(=O)C(C)(C)CC)o1)C(C)(C)CC. The molecule has 0 bridgehead atoms. The van der Waals surface area contributed by atoms with Crippen LogP contribution in [0.1, 0.15) is 117 Å². The van der Waals surface area contributed by atoms with Crippen molar-refractivity contribution in [3.05, 3.63) is 23.9 Å². The molecule has 8 nitrogen and oxygen atoms in total. The molecule has 1 aromatic heterocycles. The number of hydrogen-bond acceptors (Lipinski definition) is 6. The maximum absolute atomic E-state index is 13.4. The van der Waals surface area contributed by atoms with E-state index in [9.17, 15) is 14.4 Å². The highest BCUT2D eigenvalue weighted by Crippen LogP contribution is 2.38. The van der Waals surface area contributed by atoms with Crippen molar-refractivity contribution >= 4 is 17.6 Å². The molecule has 2 fully saturated rings. The number of carbonyl (C=O) groups excluding carboxylic acids is 3. The van der Waals surface area contributed by atoms with Crippen LogP contribution in [0.2, 0.25) is 0 Å². The molecule has 2 amide bonds. The number of carbonyl (C=O) groups is 3. The van der Waals surface area contributed by atoms with Gasteiger partial charge in [-0.2, -0.15) is 0 Å². The number of amides is 2. The number of rotatable bonds is 8. The molecule has 35 heavy (non-hydrogen) atoms. The van der Waals surface area contributed by atoms with E-state index in [0.29, 0.717) is 43.3 Å². The van der Waals surface area contributed by atoms with Gasteiger partial charge in [0.1, 0.15) is 12.1 Å². The van der Waals surface area contributed by atoms with Crippen molar-refractivity contribution in [2.75, 3.05) is 13.1 Å². The van der Waals surface area contributed by atoms with Gasteiger partial charge in [-0.05, 0) is 56.8 Å². The van der Waals surface area contributed by atoms with Gasteiger partial charge in [-0.3, -0.25) is 14.4 Å². The Morgan fingerprint density at radius 1 is 0.829 bits per heavy atom. The van der Waals surface area contributed by atoms with Crippen molar-refractivity contribution in [3.63, 3.8) is 0 Å². The van der Waals surface area contributed by atoms with Gasteiger partial charge >= 0.3 is 0 Å². The van der Waals surface area contributed by atoms with E-state index >= 15 is 0 Å². The Labute approximate surface area is 209 Å². The fourth-order valence-corrected chi connectivity index (χ4v) is 4.64. The third-order valence-corrected chi connectivity index (χ3v) is 8.21. The molecule has 2 saturated heterocycles. The van der Waals surface area contributed by atoms with E-state index in [4.69, 9.17) is 4.42 Å². The lowest BCUT2D eigenvalue weighted by Gasteiger charge is -2.37. The van der Waals surface area contributed by atoms with E-state index in [1.807, 2.05) is 25.7 Å². The van der Waals surface area contributed by atoms with Crippen molar-refractivity contribution in [1.82, 2.24) is 20.0 Å². The molecule has 3 heterocycles. The molecular formula is C27H42N4O4. The lowest BCUT2D eigenvalue weighted by molar-refractivity contribution is -0.152. The van der Waals surface area contributed by atoms with Gasteiger partial charge in [-0.15, -0.1) is 10.2 Å². The summed E-state index contributed by atoms with van der Waals surface area (Å²) in [6.45, 7) is 16.9. The Hall–Kier alpha value is -2.51. The molecule has 3 rings (SSSR count). The average molecular weight is 487 g/mol. The van der Waals surface area contributed by atoms with Crippen LogP contribution >= 0.6 is 0 Å². The van der Waals surface area contributed by atoms with Crippen LogP contribution in [0.15, 0.2) is 16.6 Å². The van der Waals surface area contributed by atoms with Crippen LogP contribution in [0, 0.1) is 10.8 Å². The van der Waals surface area contributed by atoms with E-state index in [2.05, 4.69) is 23.7 Å². The quantitative estimate of drug-likeness (QED) is 0.371. The minimum absolute atomic E-state index is 0.0665. The molecule has 1 aromatic rings. The second kappa shape index (κ2) is 10.6. The highest BCUT2D eigenvalue weighted by Gasteiger charge is 2.41. The predicted octanol–water partition coefficient (Wildman–Crippen LogP) is 5.17. The monoisotopic (exact) mass is 486 g/mol. The molecular weight excluding hydrogens is 444 g/mol. The van der Waals surface area contributed by atoms with Gasteiger partial charge in [0.2, 0.25) is 23.5 Å². The van der Waals surface area contributed by atoms with Gasteiger partial charge in [-0.25, -0.2) is 0 Å². The number of aromatic nitrogens is 2. The third-order valence-electron chi connectivity index (χ3n) is 8.21. The minimum atomic E-state index is -0.712. The van der Waals surface area contributed by atoms with E-state index in [1.165, 1.54) is 0 Å². The zero-order chi connectivity index (χ0) is 26.0. The molecule has 0 aromatic carbocycles. The maximum Gasteiger partial charge on any atom is 0.291 e. The lowest BCUT2D eigenvalue weighted by atomic mass is 9.81. The Bertz CT molecular complexity index is 890. The van der Waals surface area contributed by atoms with Crippen molar-refractivity contribution in [2.45, 2.75) is 105 Å². The fraction of sp³-hybridized carbons (Fsp3) is 0.741. The number of Topliss-reactive ketones (excluding diaryl/α,β-unsaturated/α-hetero) is 1. The fourth-order valence-electron chi connectivity index (χ4n) is 4.64. The van der Waals surface area contributed by atoms with E-state index in [1.54, 1.807) is 18.7 Å². The first-order chi connectivity index (χ1) is 16.4. The molecule has 2 aliphatic rings. The number of nitrogens with zero attached hydrogens (tertiary/aromatic N) is 4. The van der Waals surface area contributed by atoms with Gasteiger partial charge in [-0.1, -0.05) is 48.1 Å². The second-order valence-electron chi connectivity index (χ2n) is 11.3. The molecule has 2 unspecified atom stereocenters. The number of piperidine rings is 2. The zero-order valence-corrected chi connectivity index (χ0v) is 22.4. The van der Waals surface area contributed by atoms with Crippen LogP contribution in [0.25, 0.3) is 0 Å². The molecule has 0 radical (unpaired) electrons. The second-order valence-corrected chi connectivity index (χ2v) is 11.3. The van der Waals surface area contributed by atoms with Gasteiger partial charge < -0.3 is 14.2 Å². The Morgan fingerprint density at radius 3 is 1.74 bits per heavy atom. The first kappa shape index (κ1) is 27.1. The summed E-state index contributed by atoms with van der Waals surface area (Å²) in [5.74, 6) is -0.182. The van der Waals surface area contributed by atoms with Crippen LogP contribution in [0.5, 0.6) is 0 Å². The van der Waals surface area contributed by atoms with Crippen LogP contribution in [-0.2, 0) is 14.4 Å². The molecule has 194 valence electrons. The van der Waals surface area contributed by atoms with Gasteiger partial charge in [0.15, 0.2) is 0 Å². The highest BCUT2D eigenvalue weighted by atomic mass is 16.4. The average Bonchev–Trinajstić information content (AvgIpc) is 3.36. The van der Waals surface area contributed by atoms with Crippen LogP contribution in [0.3, 0.4) is 0 Å². The number of likely N-dealkylation sites (tertiary alicyclic amines) is 2. The number of hydrogen-bond donors (Lipinski definition) is 0. The van der Waals surface area contributed by atoms with E-state index < -0.39 is 17.4 Å². The molecule has 2 aliphatic heterocycles. The Kier molecular flexibility index (Phi) is 8.22. The molecule has 2 atom stereocenters. The maximum atomic E-state index is 13.4. The molecule has 0 N–H and O–H groups in total. The lowest BCUT2D eigenvalue weighted by Crippen LogP contribution is -2.46. The summed E-state index contributed by atoms with van der Waals surface area (Å²) in [4.78, 5) is 42.9. The normalized spacial score (nSPS) is 21.7. The zero-order valence-electron chi connectivity index (χ0n) is 22.4. The first-order valence-electron chi connectivity index (χ1n) is 13.1. The Balaban J connectivity index is 1.84. The van der Waals surface area contributed by atoms with Crippen molar-refractivity contribution in [2.24, 2.45) is 10.8 Å². The summed E-state index contributed by atoms with van der Waals surface area (Å²) >= 11 is 0. The summed E-state index contributed by atoms with van der Waals surface area (Å²) in [6.07, 6.45) is 6.45. The molecule has 0 spiro atoms. The summed E-state index contributed by atoms with van der Waals surface area (Å²) in [5, 5.41) is 8.64. The largest absolute Gasteiger partial charge is 0.421 e. The van der Waals surface area contributed by atoms with Crippen LogP contribution in [0.4, 0.5) is 0 Å². The standard InChI is InChI=1S/C27H42N4O4/c1-8-26(4,5)18(3)24(33)30-16-12-10-14-19(30)22-28-29-23(35-22)20-15-11-13-17-31(20)25(34)21(32)27(6,7)9-2/h19-20H,3,8-17H2,1-2,4-7H3. The van der Waals surface area contributed by atoms with Crippen LogP contribution < -0.4 is 0 Å². The minimum Gasteiger partial charge on any atom is -0.421 e. The van der Waals surface area contributed by atoms with Crippen LogP contribution in [-0.4, -0.2) is 50.7 Å². The van der Waals surface area contributed by atoms with Gasteiger partial charge in [0.25, 0.3) is 5.91 Å². The van der Waals surface area contributed by atoms with Crippen molar-refractivity contribution in [1.29, 1.82) is 0 Å². The van der Waals surface area contributed by atoms with E-state index in [-0.39, 0.29) is 23.1 Å². The van der Waals surface area contributed by atoms with Gasteiger partial charge in [0, 0.05) is 24.1 Å². The first-order valence-corrected chi connectivity index (χ1v) is 13.1. The van der Waals surface area contributed by atoms with Crippen molar-refractivity contribution in [3.8, 4) is 0 Å². The molecule has 0 saturated carbocycles. The third kappa shape index (κ3) is 5.51. The predicted molar refractivity (Wildman–Crippen MR) is 133 cm³/mol. The smallest absolute Gasteiger partial charge is 0.291 e. The van der Waals surface area contributed by atoms with Gasteiger partial charge in [0.05, 0.1) is 0 Å². The summed E-state index contributed by atoms with van der Waals surface area (Å²) in [5.41, 5.74) is -0.412. The number of ketones is 1.